The lowest BCUT2D eigenvalue weighted by Gasteiger charge is -2.08. The fourth-order valence-electron chi connectivity index (χ4n) is 1.08. The number of rotatable bonds is 3. The van der Waals surface area contributed by atoms with Crippen molar-refractivity contribution in [3.63, 3.8) is 0 Å². The minimum absolute atomic E-state index is 0.778. The summed E-state index contributed by atoms with van der Waals surface area (Å²) in [4.78, 5) is 0. The zero-order chi connectivity index (χ0) is 5.98. The van der Waals surface area contributed by atoms with Crippen molar-refractivity contribution >= 4 is 0 Å². The van der Waals surface area contributed by atoms with E-state index in [4.69, 9.17) is 0 Å². The van der Waals surface area contributed by atoms with Crippen LogP contribution in [0.15, 0.2) is 0 Å². The van der Waals surface area contributed by atoms with E-state index in [1.807, 2.05) is 0 Å². The molecule has 1 atom stereocenters. The highest BCUT2D eigenvalue weighted by Crippen LogP contribution is 2.31. The molecule has 0 amide bonds. The quantitative estimate of drug-likeness (QED) is 0.583. The first-order chi connectivity index (χ1) is 3.84. The van der Waals surface area contributed by atoms with E-state index in [2.05, 4.69) is 19.2 Å². The molecule has 0 radical (unpaired) electrons. The van der Waals surface area contributed by atoms with E-state index in [1.54, 1.807) is 0 Å². The van der Waals surface area contributed by atoms with Crippen molar-refractivity contribution in [3.8, 4) is 0 Å². The molecule has 1 nitrogen and oxygen atoms in total. The van der Waals surface area contributed by atoms with Crippen LogP contribution in [0, 0.1) is 5.92 Å². The normalized spacial score (nSPS) is 23.2. The van der Waals surface area contributed by atoms with Crippen molar-refractivity contribution in [1.82, 2.24) is 5.32 Å². The molecule has 1 saturated carbocycles. The van der Waals surface area contributed by atoms with Crippen molar-refractivity contribution < 1.29 is 0 Å². The van der Waals surface area contributed by atoms with Gasteiger partial charge in [-0.15, -0.1) is 0 Å². The Labute approximate surface area is 51.5 Å². The summed E-state index contributed by atoms with van der Waals surface area (Å²) in [6.07, 6.45) is 2.91. The molecule has 0 aliphatic heterocycles. The molecule has 1 heteroatoms. The Morgan fingerprint density at radius 1 is 1.62 bits per heavy atom. The molecule has 0 heterocycles. The predicted molar refractivity (Wildman–Crippen MR) is 35.9 cm³/mol. The van der Waals surface area contributed by atoms with Gasteiger partial charge >= 0.3 is 0 Å². The van der Waals surface area contributed by atoms with Crippen LogP contribution in [-0.2, 0) is 0 Å². The van der Waals surface area contributed by atoms with E-state index >= 15 is 0 Å². The zero-order valence-electron chi connectivity index (χ0n) is 5.78. The highest BCUT2D eigenvalue weighted by Gasteiger charge is 2.26. The average molecular weight is 113 g/mol. The SMILES string of the molecule is CCN[C@H](C)C1CC1. The Balaban J connectivity index is 2.03. The molecular weight excluding hydrogens is 98.1 g/mol. The standard InChI is InChI=1S/C7H15N/c1-3-8-6(2)7-4-5-7/h6-8H,3-5H2,1-2H3/t6-/m1/s1. The van der Waals surface area contributed by atoms with Crippen molar-refractivity contribution in [2.75, 3.05) is 6.54 Å². The van der Waals surface area contributed by atoms with Crippen LogP contribution in [0.2, 0.25) is 0 Å². The molecule has 0 spiro atoms. The second-order valence-corrected chi connectivity index (χ2v) is 2.68. The van der Waals surface area contributed by atoms with Crippen LogP contribution in [0.3, 0.4) is 0 Å². The van der Waals surface area contributed by atoms with Gasteiger partial charge in [0.15, 0.2) is 0 Å². The molecule has 0 saturated heterocycles. The highest BCUT2D eigenvalue weighted by atomic mass is 14.9. The summed E-state index contributed by atoms with van der Waals surface area (Å²) in [6, 6.07) is 0.778. The van der Waals surface area contributed by atoms with Crippen LogP contribution in [0.1, 0.15) is 26.7 Å². The number of hydrogen-bond acceptors (Lipinski definition) is 1. The molecule has 0 aromatic heterocycles. The van der Waals surface area contributed by atoms with Gasteiger partial charge in [0.05, 0.1) is 0 Å². The van der Waals surface area contributed by atoms with Gasteiger partial charge in [0.1, 0.15) is 0 Å². The van der Waals surface area contributed by atoms with E-state index in [0.29, 0.717) is 0 Å². The van der Waals surface area contributed by atoms with Crippen molar-refractivity contribution in [1.29, 1.82) is 0 Å². The molecule has 1 N–H and O–H groups in total. The van der Waals surface area contributed by atoms with E-state index < -0.39 is 0 Å². The monoisotopic (exact) mass is 113 g/mol. The van der Waals surface area contributed by atoms with Crippen LogP contribution in [0.5, 0.6) is 0 Å². The molecular formula is C7H15N. The largest absolute Gasteiger partial charge is 0.314 e. The summed E-state index contributed by atoms with van der Waals surface area (Å²) in [5.74, 6) is 1.01. The minimum Gasteiger partial charge on any atom is -0.314 e. The van der Waals surface area contributed by atoms with Gasteiger partial charge in [0, 0.05) is 6.04 Å². The van der Waals surface area contributed by atoms with Crippen LogP contribution in [-0.4, -0.2) is 12.6 Å². The molecule has 8 heavy (non-hydrogen) atoms. The van der Waals surface area contributed by atoms with Crippen molar-refractivity contribution in [2.45, 2.75) is 32.7 Å². The Hall–Kier alpha value is -0.0400. The molecule has 0 aromatic rings. The third-order valence-corrected chi connectivity index (χ3v) is 1.86. The van der Waals surface area contributed by atoms with Gasteiger partial charge in [-0.3, -0.25) is 0 Å². The molecule has 1 aliphatic carbocycles. The summed E-state index contributed by atoms with van der Waals surface area (Å²) in [5.41, 5.74) is 0. The fourth-order valence-corrected chi connectivity index (χ4v) is 1.08. The number of hydrogen-bond donors (Lipinski definition) is 1. The zero-order valence-corrected chi connectivity index (χ0v) is 5.78. The maximum Gasteiger partial charge on any atom is 0.00668 e. The summed E-state index contributed by atoms with van der Waals surface area (Å²) >= 11 is 0. The van der Waals surface area contributed by atoms with E-state index in [0.717, 1.165) is 18.5 Å². The first-order valence-corrected chi connectivity index (χ1v) is 3.58. The Kier molecular flexibility index (Phi) is 1.90. The first kappa shape index (κ1) is 6.09. The van der Waals surface area contributed by atoms with E-state index in [-0.39, 0.29) is 0 Å². The minimum atomic E-state index is 0.778. The van der Waals surface area contributed by atoms with Gasteiger partial charge in [-0.1, -0.05) is 6.92 Å². The van der Waals surface area contributed by atoms with Gasteiger partial charge in [0.2, 0.25) is 0 Å². The molecule has 1 rings (SSSR count). The van der Waals surface area contributed by atoms with Gasteiger partial charge in [-0.25, -0.2) is 0 Å². The topological polar surface area (TPSA) is 12.0 Å². The maximum absolute atomic E-state index is 3.41. The lowest BCUT2D eigenvalue weighted by Crippen LogP contribution is -2.27. The Morgan fingerprint density at radius 3 is 2.62 bits per heavy atom. The summed E-state index contributed by atoms with van der Waals surface area (Å²) < 4.78 is 0. The van der Waals surface area contributed by atoms with Crippen LogP contribution < -0.4 is 5.32 Å². The van der Waals surface area contributed by atoms with Gasteiger partial charge in [-0.2, -0.15) is 0 Å². The number of nitrogens with one attached hydrogen (secondary N) is 1. The van der Waals surface area contributed by atoms with Gasteiger partial charge in [-0.05, 0) is 32.2 Å². The summed E-state index contributed by atoms with van der Waals surface area (Å²) in [7, 11) is 0. The second kappa shape index (κ2) is 2.49. The molecule has 48 valence electrons. The van der Waals surface area contributed by atoms with Gasteiger partial charge in [0.25, 0.3) is 0 Å². The van der Waals surface area contributed by atoms with Crippen molar-refractivity contribution in [3.05, 3.63) is 0 Å². The van der Waals surface area contributed by atoms with Crippen LogP contribution >= 0.6 is 0 Å². The maximum atomic E-state index is 3.41. The highest BCUT2D eigenvalue weighted by molar-refractivity contribution is 4.82. The van der Waals surface area contributed by atoms with E-state index in [9.17, 15) is 0 Å². The first-order valence-electron chi connectivity index (χ1n) is 3.58. The third kappa shape index (κ3) is 1.48. The van der Waals surface area contributed by atoms with Crippen LogP contribution in [0.25, 0.3) is 0 Å². The Morgan fingerprint density at radius 2 is 2.25 bits per heavy atom. The molecule has 1 aliphatic rings. The second-order valence-electron chi connectivity index (χ2n) is 2.68. The lowest BCUT2D eigenvalue weighted by atomic mass is 10.2. The summed E-state index contributed by atoms with van der Waals surface area (Å²) in [6.45, 7) is 5.57. The van der Waals surface area contributed by atoms with Crippen LogP contribution in [0.4, 0.5) is 0 Å². The van der Waals surface area contributed by atoms with Crippen molar-refractivity contribution in [2.24, 2.45) is 5.92 Å². The smallest absolute Gasteiger partial charge is 0.00668 e. The average Bonchev–Trinajstić information content (AvgIpc) is 2.45. The fraction of sp³-hybridized carbons (Fsp3) is 1.00. The summed E-state index contributed by atoms with van der Waals surface area (Å²) in [5, 5.41) is 3.41. The lowest BCUT2D eigenvalue weighted by molar-refractivity contribution is 0.512. The molecule has 0 aromatic carbocycles. The van der Waals surface area contributed by atoms with E-state index in [1.165, 1.54) is 12.8 Å². The Bertz CT molecular complexity index is 66.8. The third-order valence-electron chi connectivity index (χ3n) is 1.86. The molecule has 1 fully saturated rings. The van der Waals surface area contributed by atoms with Gasteiger partial charge < -0.3 is 5.32 Å². The predicted octanol–water partition coefficient (Wildman–Crippen LogP) is 1.39. The molecule has 0 unspecified atom stereocenters. The molecule has 0 bridgehead atoms.